The molecular formula is C19H29N5O3S. The van der Waals surface area contributed by atoms with Gasteiger partial charge in [0.1, 0.15) is 6.61 Å². The van der Waals surface area contributed by atoms with Crippen molar-refractivity contribution >= 4 is 31.2 Å². The number of hydrogen-bond acceptors (Lipinski definition) is 7. The lowest BCUT2D eigenvalue weighted by atomic mass is 10.1. The van der Waals surface area contributed by atoms with E-state index in [1.807, 2.05) is 12.1 Å². The zero-order valence-corrected chi connectivity index (χ0v) is 17.3. The highest BCUT2D eigenvalue weighted by Gasteiger charge is 2.15. The molecule has 3 N–H and O–H groups in total. The summed E-state index contributed by atoms with van der Waals surface area (Å²) in [5, 5.41) is 15.3. The molecule has 0 unspecified atom stereocenters. The molecule has 2 rings (SSSR count). The van der Waals surface area contributed by atoms with Crippen LogP contribution in [0.3, 0.4) is 0 Å². The first kappa shape index (κ1) is 23.6. The van der Waals surface area contributed by atoms with E-state index in [0.29, 0.717) is 24.6 Å². The zero-order chi connectivity index (χ0) is 19.5. The number of pyridine rings is 1. The van der Waals surface area contributed by atoms with Gasteiger partial charge in [0.15, 0.2) is 11.6 Å². The van der Waals surface area contributed by atoms with E-state index in [2.05, 4.69) is 32.5 Å². The van der Waals surface area contributed by atoms with Gasteiger partial charge in [-0.15, -0.1) is 0 Å². The zero-order valence-electron chi connectivity index (χ0n) is 16.3. The number of carbonyl (C=O) groups excluding carboxylic acids is 1. The maximum Gasteiger partial charge on any atom is 0.231 e. The molecule has 0 aromatic carbocycles. The third-order valence-electron chi connectivity index (χ3n) is 3.91. The molecule has 2 aromatic rings. The van der Waals surface area contributed by atoms with Crippen LogP contribution in [0.15, 0.2) is 30.7 Å². The van der Waals surface area contributed by atoms with Crippen molar-refractivity contribution in [3.8, 4) is 5.75 Å². The van der Waals surface area contributed by atoms with Crippen LogP contribution in [0.2, 0.25) is 0 Å². The monoisotopic (exact) mass is 407 g/mol. The number of hydrogen-bond donors (Lipinski definition) is 3. The number of amides is 1. The molecule has 0 bridgehead atoms. The standard InChI is InChI=1S/C19H27N5O3.H2S/c1-3-4-5-16(8-11-25)23-18-17(12-21-19(24-18)22-14(2)26)27-13-15-6-9-20-10-7-15;/h6-7,9-10,12,16,25H,3-5,8,11,13H2,1-2H3,(H2,21,22,23,24,26);1H2/t16-;/m0./s1. The molecule has 0 saturated heterocycles. The molecule has 28 heavy (non-hydrogen) atoms. The van der Waals surface area contributed by atoms with Gasteiger partial charge in [-0.25, -0.2) is 4.98 Å². The normalized spacial score (nSPS) is 11.2. The lowest BCUT2D eigenvalue weighted by molar-refractivity contribution is -0.114. The molecule has 0 aliphatic carbocycles. The lowest BCUT2D eigenvalue weighted by Crippen LogP contribution is -2.23. The Hall–Kier alpha value is -2.39. The van der Waals surface area contributed by atoms with Gasteiger partial charge in [0.05, 0.1) is 6.20 Å². The average Bonchev–Trinajstić information content (AvgIpc) is 2.66. The minimum atomic E-state index is -0.246. The van der Waals surface area contributed by atoms with Crippen molar-refractivity contribution in [2.45, 2.75) is 52.2 Å². The van der Waals surface area contributed by atoms with Crippen LogP contribution in [-0.2, 0) is 11.4 Å². The number of aliphatic hydroxyl groups excluding tert-OH is 1. The number of carbonyl (C=O) groups is 1. The van der Waals surface area contributed by atoms with Crippen molar-refractivity contribution in [1.29, 1.82) is 0 Å². The molecule has 2 heterocycles. The molecule has 0 aliphatic rings. The van der Waals surface area contributed by atoms with Crippen LogP contribution in [0.5, 0.6) is 5.75 Å². The van der Waals surface area contributed by atoms with Gasteiger partial charge in [-0.05, 0) is 30.5 Å². The molecule has 154 valence electrons. The summed E-state index contributed by atoms with van der Waals surface area (Å²) in [7, 11) is 0. The van der Waals surface area contributed by atoms with Crippen molar-refractivity contribution in [3.05, 3.63) is 36.3 Å². The largest absolute Gasteiger partial charge is 0.483 e. The Balaban J connectivity index is 0.00000392. The Labute approximate surface area is 172 Å². The fourth-order valence-corrected chi connectivity index (χ4v) is 2.53. The Morgan fingerprint density at radius 2 is 2.04 bits per heavy atom. The molecule has 0 saturated carbocycles. The Bertz CT molecular complexity index is 718. The molecule has 0 aliphatic heterocycles. The first-order valence-corrected chi connectivity index (χ1v) is 9.16. The van der Waals surface area contributed by atoms with Crippen molar-refractivity contribution in [1.82, 2.24) is 15.0 Å². The molecule has 0 radical (unpaired) electrons. The van der Waals surface area contributed by atoms with Crippen LogP contribution in [0.1, 0.15) is 45.1 Å². The predicted octanol–water partition coefficient (Wildman–Crippen LogP) is 2.87. The molecule has 0 spiro atoms. The molecule has 2 aromatic heterocycles. The number of anilines is 2. The molecule has 0 fully saturated rings. The number of nitrogens with zero attached hydrogens (tertiary/aromatic N) is 3. The summed E-state index contributed by atoms with van der Waals surface area (Å²) in [5.41, 5.74) is 0.972. The Morgan fingerprint density at radius 1 is 1.29 bits per heavy atom. The minimum absolute atomic E-state index is 0. The third kappa shape index (κ3) is 8.10. The number of unbranched alkanes of at least 4 members (excludes halogenated alkanes) is 1. The second kappa shape index (κ2) is 12.9. The Morgan fingerprint density at radius 3 is 2.68 bits per heavy atom. The Kier molecular flexibility index (Phi) is 10.9. The van der Waals surface area contributed by atoms with Crippen molar-refractivity contribution < 1.29 is 14.6 Å². The number of aromatic nitrogens is 3. The van der Waals surface area contributed by atoms with Crippen LogP contribution in [0.25, 0.3) is 0 Å². The smallest absolute Gasteiger partial charge is 0.231 e. The van der Waals surface area contributed by atoms with Gasteiger partial charge >= 0.3 is 0 Å². The highest BCUT2D eigenvalue weighted by Crippen LogP contribution is 2.25. The summed E-state index contributed by atoms with van der Waals surface area (Å²) in [6.45, 7) is 3.96. The maximum atomic E-state index is 11.3. The molecule has 1 amide bonds. The SMILES string of the molecule is CCCC[C@@H](CCO)Nc1nc(NC(C)=O)ncc1OCc1ccncc1.S. The van der Waals surface area contributed by atoms with Crippen LogP contribution < -0.4 is 15.4 Å². The fraction of sp³-hybridized carbons (Fsp3) is 0.474. The van der Waals surface area contributed by atoms with Crippen LogP contribution in [0.4, 0.5) is 11.8 Å². The van der Waals surface area contributed by atoms with E-state index in [9.17, 15) is 9.90 Å². The van der Waals surface area contributed by atoms with Gasteiger partial charge in [-0.3, -0.25) is 15.1 Å². The maximum absolute atomic E-state index is 11.3. The molecule has 8 nitrogen and oxygen atoms in total. The van der Waals surface area contributed by atoms with Gasteiger partial charge in [-0.2, -0.15) is 18.5 Å². The van der Waals surface area contributed by atoms with Gasteiger partial charge in [0.25, 0.3) is 0 Å². The number of nitrogens with one attached hydrogen (secondary N) is 2. The van der Waals surface area contributed by atoms with Crippen molar-refractivity contribution in [3.63, 3.8) is 0 Å². The van der Waals surface area contributed by atoms with E-state index in [0.717, 1.165) is 24.8 Å². The first-order valence-electron chi connectivity index (χ1n) is 9.16. The minimum Gasteiger partial charge on any atom is -0.483 e. The fourth-order valence-electron chi connectivity index (χ4n) is 2.53. The number of aliphatic hydroxyl groups is 1. The highest BCUT2D eigenvalue weighted by molar-refractivity contribution is 7.59. The average molecular weight is 408 g/mol. The molecule has 1 atom stereocenters. The quantitative estimate of drug-likeness (QED) is 0.525. The summed E-state index contributed by atoms with van der Waals surface area (Å²) in [5.74, 6) is 0.946. The van der Waals surface area contributed by atoms with Crippen LogP contribution in [-0.4, -0.2) is 38.6 Å². The third-order valence-corrected chi connectivity index (χ3v) is 3.91. The second-order valence-corrected chi connectivity index (χ2v) is 6.23. The second-order valence-electron chi connectivity index (χ2n) is 6.23. The van der Waals surface area contributed by atoms with E-state index < -0.39 is 0 Å². The van der Waals surface area contributed by atoms with E-state index in [1.165, 1.54) is 13.1 Å². The number of ether oxygens (including phenoxy) is 1. The highest BCUT2D eigenvalue weighted by atomic mass is 32.1. The van der Waals surface area contributed by atoms with E-state index in [-0.39, 0.29) is 38.0 Å². The molecular weight excluding hydrogens is 378 g/mol. The topological polar surface area (TPSA) is 109 Å². The summed E-state index contributed by atoms with van der Waals surface area (Å²) < 4.78 is 5.88. The van der Waals surface area contributed by atoms with E-state index in [4.69, 9.17) is 4.74 Å². The summed E-state index contributed by atoms with van der Waals surface area (Å²) in [6.07, 6.45) is 8.55. The van der Waals surface area contributed by atoms with Gasteiger partial charge in [-0.1, -0.05) is 19.8 Å². The van der Waals surface area contributed by atoms with Crippen LogP contribution >= 0.6 is 13.5 Å². The van der Waals surface area contributed by atoms with Gasteiger partial charge < -0.3 is 15.2 Å². The lowest BCUT2D eigenvalue weighted by Gasteiger charge is -2.20. The van der Waals surface area contributed by atoms with E-state index >= 15 is 0 Å². The summed E-state index contributed by atoms with van der Waals surface area (Å²) in [4.78, 5) is 23.8. The first-order chi connectivity index (χ1) is 13.1. The van der Waals surface area contributed by atoms with Gasteiger partial charge in [0.2, 0.25) is 11.9 Å². The number of rotatable bonds is 11. The molecule has 9 heteroatoms. The summed E-state index contributed by atoms with van der Waals surface area (Å²) >= 11 is 0. The van der Waals surface area contributed by atoms with Crippen LogP contribution in [0, 0.1) is 0 Å². The van der Waals surface area contributed by atoms with Crippen molar-refractivity contribution in [2.24, 2.45) is 0 Å². The summed E-state index contributed by atoms with van der Waals surface area (Å²) in [6, 6.07) is 3.79. The predicted molar refractivity (Wildman–Crippen MR) is 114 cm³/mol. The van der Waals surface area contributed by atoms with Gasteiger partial charge in [0, 0.05) is 32.0 Å². The van der Waals surface area contributed by atoms with Crippen molar-refractivity contribution in [2.75, 3.05) is 17.2 Å². The van der Waals surface area contributed by atoms with E-state index in [1.54, 1.807) is 12.4 Å².